The van der Waals surface area contributed by atoms with Gasteiger partial charge in [-0.25, -0.2) is 0 Å². The molecule has 1 aliphatic heterocycles. The number of hydrogen-bond donors (Lipinski definition) is 1. The molecule has 0 amide bonds. The van der Waals surface area contributed by atoms with Crippen molar-refractivity contribution >= 4 is 0 Å². The first kappa shape index (κ1) is 13.3. The third-order valence-electron chi connectivity index (χ3n) is 4.79. The van der Waals surface area contributed by atoms with Gasteiger partial charge in [0.15, 0.2) is 0 Å². The Balaban J connectivity index is 2.72. The van der Waals surface area contributed by atoms with Crippen LogP contribution >= 0.6 is 0 Å². The summed E-state index contributed by atoms with van der Waals surface area (Å²) in [6, 6.07) is 0. The summed E-state index contributed by atoms with van der Waals surface area (Å²) >= 11 is 0. The molecule has 0 saturated heterocycles. The minimum absolute atomic E-state index is 0.132. The quantitative estimate of drug-likeness (QED) is 0.842. The molecule has 0 spiro atoms. The number of fused-ring (bicyclic) bond motifs is 1. The second-order valence-corrected chi connectivity index (χ2v) is 5.70. The Labute approximate surface area is 110 Å². The number of phenolic OH excluding ortho intramolecular Hbond substituents is 1. The van der Waals surface area contributed by atoms with Crippen molar-refractivity contribution in [1.29, 1.82) is 0 Å². The fourth-order valence-electron chi connectivity index (χ4n) is 3.24. The van der Waals surface area contributed by atoms with Gasteiger partial charge in [-0.3, -0.25) is 0 Å². The number of benzene rings is 1. The van der Waals surface area contributed by atoms with Gasteiger partial charge in [0.25, 0.3) is 0 Å². The molecule has 2 nitrogen and oxygen atoms in total. The summed E-state index contributed by atoms with van der Waals surface area (Å²) in [6.07, 6.45) is 2.03. The third-order valence-corrected chi connectivity index (χ3v) is 4.79. The first-order valence-corrected chi connectivity index (χ1v) is 6.89. The molecule has 0 aliphatic carbocycles. The average molecular weight is 248 g/mol. The number of ether oxygens (including phenoxy) is 1. The van der Waals surface area contributed by atoms with E-state index in [1.807, 2.05) is 20.8 Å². The van der Waals surface area contributed by atoms with Gasteiger partial charge in [0, 0.05) is 11.5 Å². The van der Waals surface area contributed by atoms with Crippen LogP contribution in [0.1, 0.15) is 61.8 Å². The Morgan fingerprint density at radius 3 is 2.22 bits per heavy atom. The molecule has 0 saturated carbocycles. The van der Waals surface area contributed by atoms with Crippen LogP contribution in [0.25, 0.3) is 0 Å². The zero-order valence-corrected chi connectivity index (χ0v) is 12.3. The monoisotopic (exact) mass is 248 g/mol. The summed E-state index contributed by atoms with van der Waals surface area (Å²) < 4.78 is 6.28. The zero-order chi connectivity index (χ0) is 13.7. The highest BCUT2D eigenvalue weighted by Crippen LogP contribution is 2.53. The Morgan fingerprint density at radius 1 is 1.11 bits per heavy atom. The summed E-state index contributed by atoms with van der Waals surface area (Å²) in [4.78, 5) is 0. The second kappa shape index (κ2) is 4.18. The second-order valence-electron chi connectivity index (χ2n) is 5.70. The maximum atomic E-state index is 10.3. The number of hydrogen-bond acceptors (Lipinski definition) is 2. The predicted molar refractivity (Wildman–Crippen MR) is 74.7 cm³/mol. The van der Waals surface area contributed by atoms with Crippen molar-refractivity contribution < 1.29 is 9.84 Å². The summed E-state index contributed by atoms with van der Waals surface area (Å²) in [5.74, 6) is 1.83. The average Bonchev–Trinajstić information content (AvgIpc) is 2.67. The molecule has 0 fully saturated rings. The maximum absolute atomic E-state index is 10.3. The Hall–Kier alpha value is -1.18. The van der Waals surface area contributed by atoms with E-state index in [9.17, 15) is 5.11 Å². The van der Waals surface area contributed by atoms with Crippen LogP contribution in [-0.2, 0) is 0 Å². The standard InChI is InChI=1S/C16H24O2/c1-7-12-13-11(5)14(17)9(3)10(4)15(13)18-16(12,6)8-2/h12,17H,7-8H2,1-6H3. The molecule has 1 N–H and O–H groups in total. The van der Waals surface area contributed by atoms with Gasteiger partial charge >= 0.3 is 0 Å². The predicted octanol–water partition coefficient (Wildman–Crippen LogP) is 4.37. The van der Waals surface area contributed by atoms with Crippen molar-refractivity contribution in [2.75, 3.05) is 0 Å². The lowest BCUT2D eigenvalue weighted by molar-refractivity contribution is 0.0818. The molecule has 0 radical (unpaired) electrons. The van der Waals surface area contributed by atoms with E-state index >= 15 is 0 Å². The minimum Gasteiger partial charge on any atom is -0.507 e. The van der Waals surface area contributed by atoms with E-state index in [0.717, 1.165) is 35.3 Å². The van der Waals surface area contributed by atoms with Gasteiger partial charge < -0.3 is 9.84 Å². The summed E-state index contributed by atoms with van der Waals surface area (Å²) in [5, 5.41) is 10.3. The van der Waals surface area contributed by atoms with Gasteiger partial charge in [-0.1, -0.05) is 13.8 Å². The lowest BCUT2D eigenvalue weighted by atomic mass is 9.79. The maximum Gasteiger partial charge on any atom is 0.127 e. The summed E-state index contributed by atoms with van der Waals surface area (Å²) in [6.45, 7) is 12.6. The fraction of sp³-hybridized carbons (Fsp3) is 0.625. The van der Waals surface area contributed by atoms with Crippen molar-refractivity contribution in [2.24, 2.45) is 0 Å². The molecule has 2 unspecified atom stereocenters. The van der Waals surface area contributed by atoms with Crippen LogP contribution in [0, 0.1) is 20.8 Å². The van der Waals surface area contributed by atoms with Crippen LogP contribution in [-0.4, -0.2) is 10.7 Å². The Kier molecular flexibility index (Phi) is 3.08. The molecule has 0 bridgehead atoms. The molecule has 2 rings (SSSR count). The Morgan fingerprint density at radius 2 is 1.72 bits per heavy atom. The van der Waals surface area contributed by atoms with E-state index in [0.29, 0.717) is 11.7 Å². The molecule has 18 heavy (non-hydrogen) atoms. The SMILES string of the molecule is CCC1c2c(C)c(O)c(C)c(C)c2OC1(C)CC. The molecule has 100 valence electrons. The molecule has 2 heteroatoms. The lowest BCUT2D eigenvalue weighted by Crippen LogP contribution is -2.33. The van der Waals surface area contributed by atoms with E-state index in [4.69, 9.17) is 4.74 Å². The number of aromatic hydroxyl groups is 1. The number of phenols is 1. The molecule has 0 aromatic heterocycles. The first-order valence-electron chi connectivity index (χ1n) is 6.89. The zero-order valence-electron chi connectivity index (χ0n) is 12.3. The largest absolute Gasteiger partial charge is 0.507 e. The molecule has 2 atom stereocenters. The van der Waals surface area contributed by atoms with Crippen molar-refractivity contribution in [3.63, 3.8) is 0 Å². The highest BCUT2D eigenvalue weighted by molar-refractivity contribution is 5.61. The van der Waals surface area contributed by atoms with Gasteiger partial charge in [-0.15, -0.1) is 0 Å². The van der Waals surface area contributed by atoms with Crippen LogP contribution in [0.3, 0.4) is 0 Å². The van der Waals surface area contributed by atoms with Crippen molar-refractivity contribution in [1.82, 2.24) is 0 Å². The summed E-state index contributed by atoms with van der Waals surface area (Å²) in [7, 11) is 0. The normalized spacial score (nSPS) is 26.0. The molecule has 1 aromatic carbocycles. The van der Waals surface area contributed by atoms with Crippen LogP contribution < -0.4 is 4.74 Å². The van der Waals surface area contributed by atoms with Crippen LogP contribution in [0.15, 0.2) is 0 Å². The van der Waals surface area contributed by atoms with Crippen molar-refractivity contribution in [3.8, 4) is 11.5 Å². The molecular weight excluding hydrogens is 224 g/mol. The van der Waals surface area contributed by atoms with Crippen LogP contribution in [0.5, 0.6) is 11.5 Å². The lowest BCUT2D eigenvalue weighted by Gasteiger charge is -2.29. The van der Waals surface area contributed by atoms with E-state index in [2.05, 4.69) is 20.8 Å². The van der Waals surface area contributed by atoms with Crippen molar-refractivity contribution in [3.05, 3.63) is 22.3 Å². The third kappa shape index (κ3) is 1.54. The van der Waals surface area contributed by atoms with E-state index in [1.54, 1.807) is 0 Å². The summed E-state index contributed by atoms with van der Waals surface area (Å²) in [5.41, 5.74) is 4.12. The number of rotatable bonds is 2. The van der Waals surface area contributed by atoms with Gasteiger partial charge in [0.1, 0.15) is 17.1 Å². The van der Waals surface area contributed by atoms with Gasteiger partial charge in [-0.2, -0.15) is 0 Å². The van der Waals surface area contributed by atoms with Crippen LogP contribution in [0.2, 0.25) is 0 Å². The van der Waals surface area contributed by atoms with E-state index in [1.165, 1.54) is 5.56 Å². The first-order chi connectivity index (χ1) is 8.37. The van der Waals surface area contributed by atoms with E-state index < -0.39 is 0 Å². The van der Waals surface area contributed by atoms with Gasteiger partial charge in [0.2, 0.25) is 0 Å². The smallest absolute Gasteiger partial charge is 0.127 e. The highest BCUT2D eigenvalue weighted by atomic mass is 16.5. The van der Waals surface area contributed by atoms with Gasteiger partial charge in [0.05, 0.1) is 0 Å². The van der Waals surface area contributed by atoms with E-state index in [-0.39, 0.29) is 5.60 Å². The minimum atomic E-state index is -0.132. The van der Waals surface area contributed by atoms with Crippen molar-refractivity contribution in [2.45, 2.75) is 65.9 Å². The fourth-order valence-corrected chi connectivity index (χ4v) is 3.24. The Bertz CT molecular complexity index is 491. The molecule has 1 aromatic rings. The van der Waals surface area contributed by atoms with Gasteiger partial charge in [-0.05, 0) is 57.2 Å². The molecule has 1 aliphatic rings. The van der Waals surface area contributed by atoms with Crippen LogP contribution in [0.4, 0.5) is 0 Å². The highest BCUT2D eigenvalue weighted by Gasteiger charge is 2.44. The topological polar surface area (TPSA) is 29.5 Å². The molecule has 1 heterocycles. The molecular formula is C16H24O2.